The van der Waals surface area contributed by atoms with E-state index < -0.39 is 0 Å². The number of nitrogens with zero attached hydrogens (tertiary/aromatic N) is 3. The quantitative estimate of drug-likeness (QED) is 0.909. The van der Waals surface area contributed by atoms with E-state index in [1.165, 1.54) is 25.7 Å². The van der Waals surface area contributed by atoms with Gasteiger partial charge >= 0.3 is 0 Å². The zero-order valence-corrected chi connectivity index (χ0v) is 13.1. The number of aromatic nitrogens is 2. The fourth-order valence-corrected chi connectivity index (χ4v) is 4.12. The second-order valence-corrected chi connectivity index (χ2v) is 6.44. The number of nitrogens with two attached hydrogens (primary N) is 1. The summed E-state index contributed by atoms with van der Waals surface area (Å²) in [6.07, 6.45) is 8.13. The third-order valence-electron chi connectivity index (χ3n) is 5.20. The Morgan fingerprint density at radius 2 is 2.00 bits per heavy atom. The van der Waals surface area contributed by atoms with Crippen molar-refractivity contribution in [2.45, 2.75) is 57.9 Å². The van der Waals surface area contributed by atoms with E-state index in [1.54, 1.807) is 4.68 Å². The minimum absolute atomic E-state index is 0.0822. The SMILES string of the molecule is CCc1nn(C)c(C(=O)N2CCCC3CCCCC32)c1N. The molecule has 116 valence electrons. The third kappa shape index (κ3) is 2.43. The Morgan fingerprint density at radius 1 is 1.29 bits per heavy atom. The highest BCUT2D eigenvalue weighted by atomic mass is 16.2. The second kappa shape index (κ2) is 5.70. The van der Waals surface area contributed by atoms with E-state index in [-0.39, 0.29) is 5.91 Å². The van der Waals surface area contributed by atoms with Crippen LogP contribution in [0.1, 0.15) is 61.6 Å². The summed E-state index contributed by atoms with van der Waals surface area (Å²) < 4.78 is 1.67. The van der Waals surface area contributed by atoms with E-state index in [1.807, 2.05) is 14.0 Å². The molecule has 0 bridgehead atoms. The molecule has 2 heterocycles. The summed E-state index contributed by atoms with van der Waals surface area (Å²) in [5.74, 6) is 0.773. The topological polar surface area (TPSA) is 64.2 Å². The van der Waals surface area contributed by atoms with Gasteiger partial charge in [-0.1, -0.05) is 19.8 Å². The van der Waals surface area contributed by atoms with Gasteiger partial charge in [0, 0.05) is 19.6 Å². The number of hydrogen-bond acceptors (Lipinski definition) is 3. The van der Waals surface area contributed by atoms with Crippen LogP contribution in [0.5, 0.6) is 0 Å². The van der Waals surface area contributed by atoms with Gasteiger partial charge in [0.1, 0.15) is 5.69 Å². The highest BCUT2D eigenvalue weighted by Gasteiger charge is 2.37. The summed E-state index contributed by atoms with van der Waals surface area (Å²) in [6, 6.07) is 0.416. The molecule has 2 atom stereocenters. The Hall–Kier alpha value is -1.52. The van der Waals surface area contributed by atoms with E-state index in [9.17, 15) is 4.79 Å². The molecule has 2 unspecified atom stereocenters. The predicted molar refractivity (Wildman–Crippen MR) is 83.0 cm³/mol. The number of nitrogen functional groups attached to an aromatic ring is 1. The highest BCUT2D eigenvalue weighted by molar-refractivity contribution is 5.98. The lowest BCUT2D eigenvalue weighted by Gasteiger charge is -2.44. The van der Waals surface area contributed by atoms with Crippen molar-refractivity contribution in [3.05, 3.63) is 11.4 Å². The summed E-state index contributed by atoms with van der Waals surface area (Å²) in [5.41, 5.74) is 8.14. The molecule has 1 aromatic heterocycles. The Kier molecular flexibility index (Phi) is 3.91. The van der Waals surface area contributed by atoms with Crippen LogP contribution in [0.4, 0.5) is 5.69 Å². The number of amides is 1. The van der Waals surface area contributed by atoms with Gasteiger partial charge in [0.05, 0.1) is 11.4 Å². The van der Waals surface area contributed by atoms with Crippen molar-refractivity contribution in [2.75, 3.05) is 12.3 Å². The number of carbonyl (C=O) groups is 1. The van der Waals surface area contributed by atoms with Crippen LogP contribution in [0.2, 0.25) is 0 Å². The molecule has 1 saturated heterocycles. The fraction of sp³-hybridized carbons (Fsp3) is 0.750. The summed E-state index contributed by atoms with van der Waals surface area (Å²) in [6.45, 7) is 2.89. The average molecular weight is 290 g/mol. The molecule has 0 radical (unpaired) electrons. The van der Waals surface area contributed by atoms with Crippen LogP contribution >= 0.6 is 0 Å². The predicted octanol–water partition coefficient (Wildman–Crippen LogP) is 2.36. The van der Waals surface area contributed by atoms with Crippen molar-refractivity contribution in [3.63, 3.8) is 0 Å². The van der Waals surface area contributed by atoms with Crippen LogP contribution < -0.4 is 5.73 Å². The molecule has 5 nitrogen and oxygen atoms in total. The number of hydrogen-bond donors (Lipinski definition) is 1. The van der Waals surface area contributed by atoms with Gasteiger partial charge < -0.3 is 10.6 Å². The number of anilines is 1. The van der Waals surface area contributed by atoms with Gasteiger partial charge in [-0.2, -0.15) is 5.10 Å². The number of fused-ring (bicyclic) bond motifs is 1. The van der Waals surface area contributed by atoms with Crippen molar-refractivity contribution in [1.29, 1.82) is 0 Å². The molecule has 2 fully saturated rings. The number of carbonyl (C=O) groups excluding carboxylic acids is 1. The largest absolute Gasteiger partial charge is 0.395 e. The van der Waals surface area contributed by atoms with Gasteiger partial charge in [-0.25, -0.2) is 0 Å². The summed E-state index contributed by atoms with van der Waals surface area (Å²) >= 11 is 0. The van der Waals surface area contributed by atoms with E-state index in [0.29, 0.717) is 23.3 Å². The fourth-order valence-electron chi connectivity index (χ4n) is 4.12. The molecule has 1 amide bonds. The van der Waals surface area contributed by atoms with Crippen molar-refractivity contribution >= 4 is 11.6 Å². The second-order valence-electron chi connectivity index (χ2n) is 6.44. The molecule has 0 aromatic carbocycles. The first kappa shape index (κ1) is 14.4. The van der Waals surface area contributed by atoms with Crippen molar-refractivity contribution in [1.82, 2.24) is 14.7 Å². The molecule has 3 rings (SSSR count). The van der Waals surface area contributed by atoms with Crippen LogP contribution in [0.15, 0.2) is 0 Å². The molecule has 0 spiro atoms. The monoisotopic (exact) mass is 290 g/mol. The maximum absolute atomic E-state index is 13.0. The molecule has 1 aromatic rings. The van der Waals surface area contributed by atoms with Crippen LogP contribution in [0, 0.1) is 5.92 Å². The first-order valence-corrected chi connectivity index (χ1v) is 8.25. The van der Waals surface area contributed by atoms with Crippen LogP contribution in [-0.4, -0.2) is 33.2 Å². The zero-order valence-electron chi connectivity index (χ0n) is 13.1. The molecule has 1 aliphatic carbocycles. The van der Waals surface area contributed by atoms with Gasteiger partial charge in [-0.3, -0.25) is 9.48 Å². The molecular formula is C16H26N4O. The molecule has 5 heteroatoms. The van der Waals surface area contributed by atoms with E-state index >= 15 is 0 Å². The maximum Gasteiger partial charge on any atom is 0.274 e. The normalized spacial score (nSPS) is 25.7. The first-order valence-electron chi connectivity index (χ1n) is 8.25. The van der Waals surface area contributed by atoms with Gasteiger partial charge in [-0.15, -0.1) is 0 Å². The summed E-state index contributed by atoms with van der Waals surface area (Å²) in [4.78, 5) is 15.1. The van der Waals surface area contributed by atoms with Crippen molar-refractivity contribution in [2.24, 2.45) is 13.0 Å². The Labute approximate surface area is 126 Å². The first-order chi connectivity index (χ1) is 10.1. The Balaban J connectivity index is 1.89. The van der Waals surface area contributed by atoms with Crippen LogP contribution in [0.3, 0.4) is 0 Å². The number of rotatable bonds is 2. The lowest BCUT2D eigenvalue weighted by Crippen LogP contribution is -2.50. The molecule has 2 N–H and O–H groups in total. The van der Waals surface area contributed by atoms with Crippen molar-refractivity contribution in [3.8, 4) is 0 Å². The standard InChI is InChI=1S/C16H26N4O/c1-3-12-14(17)15(19(2)18-12)16(21)20-10-6-8-11-7-4-5-9-13(11)20/h11,13H,3-10,17H2,1-2H3. The van der Waals surface area contributed by atoms with Crippen LogP contribution in [-0.2, 0) is 13.5 Å². The lowest BCUT2D eigenvalue weighted by molar-refractivity contribution is 0.0382. The Morgan fingerprint density at radius 3 is 2.71 bits per heavy atom. The summed E-state index contributed by atoms with van der Waals surface area (Å²) in [7, 11) is 1.82. The average Bonchev–Trinajstić information content (AvgIpc) is 2.80. The highest BCUT2D eigenvalue weighted by Crippen LogP contribution is 2.36. The van der Waals surface area contributed by atoms with E-state index in [0.717, 1.165) is 31.5 Å². The molecule has 21 heavy (non-hydrogen) atoms. The minimum Gasteiger partial charge on any atom is -0.395 e. The van der Waals surface area contributed by atoms with Crippen molar-refractivity contribution < 1.29 is 4.79 Å². The maximum atomic E-state index is 13.0. The van der Waals surface area contributed by atoms with Crippen LogP contribution in [0.25, 0.3) is 0 Å². The summed E-state index contributed by atoms with van der Waals surface area (Å²) in [5, 5.41) is 4.39. The van der Waals surface area contributed by atoms with E-state index in [4.69, 9.17) is 5.73 Å². The smallest absolute Gasteiger partial charge is 0.274 e. The molecule has 1 aliphatic heterocycles. The van der Waals surface area contributed by atoms with Gasteiger partial charge in [0.2, 0.25) is 0 Å². The molecule has 2 aliphatic rings. The molecule has 1 saturated carbocycles. The number of likely N-dealkylation sites (tertiary alicyclic amines) is 1. The van der Waals surface area contributed by atoms with Gasteiger partial charge in [-0.05, 0) is 38.0 Å². The third-order valence-corrected chi connectivity index (χ3v) is 5.20. The van der Waals surface area contributed by atoms with Gasteiger partial charge in [0.15, 0.2) is 0 Å². The number of aryl methyl sites for hydroxylation is 2. The zero-order chi connectivity index (χ0) is 15.0. The van der Waals surface area contributed by atoms with Gasteiger partial charge in [0.25, 0.3) is 5.91 Å². The Bertz CT molecular complexity index is 535. The lowest BCUT2D eigenvalue weighted by atomic mass is 9.78. The molecular weight excluding hydrogens is 264 g/mol. The minimum atomic E-state index is 0.0822. The number of piperidine rings is 1. The van der Waals surface area contributed by atoms with E-state index in [2.05, 4.69) is 10.00 Å².